The molecule has 2 heterocycles. The highest BCUT2D eigenvalue weighted by molar-refractivity contribution is 6.07. The molecule has 4 rings (SSSR count). The Labute approximate surface area is 157 Å². The van der Waals surface area contributed by atoms with E-state index in [2.05, 4.69) is 25.0 Å². The molecule has 2 aromatic heterocycles. The maximum absolute atomic E-state index is 12.7. The molecule has 3 N–H and O–H groups in total. The predicted molar refractivity (Wildman–Crippen MR) is 100 cm³/mol. The molecule has 0 aliphatic heterocycles. The first-order chi connectivity index (χ1) is 13.6. The lowest BCUT2D eigenvalue weighted by Gasteiger charge is -2.08. The number of hydrogen-bond acceptors (Lipinski definition) is 6. The number of anilines is 1. The Morgan fingerprint density at radius 1 is 1.21 bits per heavy atom. The molecule has 4 aromatic rings. The fraction of sp³-hybridized carbons (Fsp3) is 0.0526. The van der Waals surface area contributed by atoms with E-state index in [1.54, 1.807) is 31.4 Å². The highest BCUT2D eigenvalue weighted by atomic mass is 16.5. The zero-order valence-electron chi connectivity index (χ0n) is 14.6. The minimum atomic E-state index is -0.737. The number of aromatic nitrogens is 3. The van der Waals surface area contributed by atoms with Crippen LogP contribution in [-0.4, -0.2) is 28.1 Å². The Kier molecular flexibility index (Phi) is 4.14. The van der Waals surface area contributed by atoms with Gasteiger partial charge in [-0.05, 0) is 42.5 Å². The topological polar surface area (TPSA) is 137 Å². The average Bonchev–Trinajstić information content (AvgIpc) is 3.33. The smallest absolute Gasteiger partial charge is 0.439 e. The number of carbonyl (C=O) groups excluding carboxylic acids is 1. The van der Waals surface area contributed by atoms with Gasteiger partial charge in [0.2, 0.25) is 0 Å². The fourth-order valence-electron chi connectivity index (χ4n) is 2.81. The maximum atomic E-state index is 12.7. The summed E-state index contributed by atoms with van der Waals surface area (Å²) in [4.78, 5) is 29.5. The van der Waals surface area contributed by atoms with Crippen molar-refractivity contribution in [3.63, 3.8) is 0 Å². The van der Waals surface area contributed by atoms with Crippen LogP contribution in [0.25, 0.3) is 22.3 Å². The van der Waals surface area contributed by atoms with Crippen LogP contribution in [-0.2, 0) is 0 Å². The number of methoxy groups -OCH3 is 1. The summed E-state index contributed by atoms with van der Waals surface area (Å²) >= 11 is 0. The van der Waals surface area contributed by atoms with Crippen molar-refractivity contribution in [1.29, 1.82) is 5.26 Å². The Morgan fingerprint density at radius 3 is 2.79 bits per heavy atom. The van der Waals surface area contributed by atoms with Gasteiger partial charge in [0.25, 0.3) is 5.91 Å². The van der Waals surface area contributed by atoms with Crippen molar-refractivity contribution >= 4 is 22.5 Å². The fourth-order valence-corrected chi connectivity index (χ4v) is 2.81. The van der Waals surface area contributed by atoms with Crippen molar-refractivity contribution in [2.24, 2.45) is 0 Å². The van der Waals surface area contributed by atoms with Crippen molar-refractivity contribution in [2.45, 2.75) is 0 Å². The van der Waals surface area contributed by atoms with E-state index in [0.29, 0.717) is 28.3 Å². The second kappa shape index (κ2) is 6.77. The molecule has 0 radical (unpaired) electrons. The third-order valence-corrected chi connectivity index (χ3v) is 4.16. The molecule has 9 heteroatoms. The lowest BCUT2D eigenvalue weighted by atomic mass is 10.1. The maximum Gasteiger partial charge on any atom is 0.439 e. The Morgan fingerprint density at radius 2 is 2.07 bits per heavy atom. The Balaban J connectivity index is 1.70. The number of nitrogens with zero attached hydrogens (tertiary/aromatic N) is 2. The molecule has 0 spiro atoms. The van der Waals surface area contributed by atoms with Gasteiger partial charge < -0.3 is 15.0 Å². The van der Waals surface area contributed by atoms with Crippen molar-refractivity contribution in [3.05, 3.63) is 64.3 Å². The quantitative estimate of drug-likeness (QED) is 0.501. The molecule has 28 heavy (non-hydrogen) atoms. The molecule has 9 nitrogen and oxygen atoms in total. The number of fused-ring (bicyclic) bond motifs is 1. The molecule has 0 unspecified atom stereocenters. The monoisotopic (exact) mass is 375 g/mol. The summed E-state index contributed by atoms with van der Waals surface area (Å²) in [5.74, 6) is -0.340. The lowest BCUT2D eigenvalue weighted by molar-refractivity contribution is 0.102. The van der Waals surface area contributed by atoms with Gasteiger partial charge in [-0.2, -0.15) is 5.26 Å². The van der Waals surface area contributed by atoms with Crippen LogP contribution in [0.3, 0.4) is 0 Å². The highest BCUT2D eigenvalue weighted by Gasteiger charge is 2.16. The van der Waals surface area contributed by atoms with Gasteiger partial charge in [-0.3, -0.25) is 14.3 Å². The number of carbonyl (C=O) groups is 1. The molecule has 0 aliphatic rings. The van der Waals surface area contributed by atoms with Crippen LogP contribution in [0.15, 0.2) is 51.8 Å². The van der Waals surface area contributed by atoms with Gasteiger partial charge in [-0.15, -0.1) is 0 Å². The summed E-state index contributed by atoms with van der Waals surface area (Å²) in [5.41, 5.74) is 2.19. The molecular formula is C19H13N5O4. The molecule has 0 aliphatic carbocycles. The van der Waals surface area contributed by atoms with Crippen LogP contribution in [0.2, 0.25) is 0 Å². The number of rotatable bonds is 4. The third-order valence-electron chi connectivity index (χ3n) is 4.16. The van der Waals surface area contributed by atoms with Gasteiger partial charge in [0.05, 0.1) is 24.4 Å². The average molecular weight is 375 g/mol. The van der Waals surface area contributed by atoms with E-state index in [1.165, 1.54) is 6.07 Å². The van der Waals surface area contributed by atoms with Crippen molar-refractivity contribution < 1.29 is 14.1 Å². The number of amides is 1. The van der Waals surface area contributed by atoms with Gasteiger partial charge in [0, 0.05) is 16.5 Å². The second-order valence-electron chi connectivity index (χ2n) is 5.91. The van der Waals surface area contributed by atoms with E-state index in [4.69, 9.17) is 10.00 Å². The second-order valence-corrected chi connectivity index (χ2v) is 5.91. The van der Waals surface area contributed by atoms with Gasteiger partial charge in [-0.1, -0.05) is 5.16 Å². The summed E-state index contributed by atoms with van der Waals surface area (Å²) in [7, 11) is 1.57. The normalized spacial score (nSPS) is 10.6. The van der Waals surface area contributed by atoms with Crippen molar-refractivity contribution in [1.82, 2.24) is 15.1 Å². The van der Waals surface area contributed by atoms with Gasteiger partial charge in [0.1, 0.15) is 11.4 Å². The minimum absolute atomic E-state index is 0.110. The number of H-pyrrole nitrogens is 2. The molecule has 0 fully saturated rings. The molecule has 1 amide bonds. The summed E-state index contributed by atoms with van der Waals surface area (Å²) < 4.78 is 9.71. The number of hydrogen-bond donors (Lipinski definition) is 3. The number of benzene rings is 2. The van der Waals surface area contributed by atoms with E-state index >= 15 is 0 Å². The van der Waals surface area contributed by atoms with Crippen LogP contribution in [0.1, 0.15) is 16.1 Å². The van der Waals surface area contributed by atoms with Crippen molar-refractivity contribution in [3.8, 4) is 23.2 Å². The number of aromatic amines is 2. The SMILES string of the molecule is COc1ccc2[nH]c(C(=O)Nc3ccc(C#N)cc3-c3noc(=O)[nH]3)cc2c1. The summed E-state index contributed by atoms with van der Waals surface area (Å²) in [6.45, 7) is 0. The van der Waals surface area contributed by atoms with Crippen LogP contribution >= 0.6 is 0 Å². The summed E-state index contributed by atoms with van der Waals surface area (Å²) in [6, 6.07) is 13.7. The molecule has 0 saturated heterocycles. The molecule has 0 atom stereocenters. The lowest BCUT2D eigenvalue weighted by Crippen LogP contribution is -2.13. The van der Waals surface area contributed by atoms with Crippen molar-refractivity contribution in [2.75, 3.05) is 12.4 Å². The summed E-state index contributed by atoms with van der Waals surface area (Å²) in [5, 5.41) is 16.3. The molecular weight excluding hydrogens is 362 g/mol. The zero-order valence-corrected chi connectivity index (χ0v) is 14.6. The van der Waals surface area contributed by atoms with Crippen LogP contribution in [0, 0.1) is 11.3 Å². The molecule has 0 bridgehead atoms. The molecule has 138 valence electrons. The van der Waals surface area contributed by atoms with E-state index in [1.807, 2.05) is 18.2 Å². The van der Waals surface area contributed by atoms with Crippen LogP contribution < -0.4 is 15.8 Å². The zero-order chi connectivity index (χ0) is 19.7. The summed E-state index contributed by atoms with van der Waals surface area (Å²) in [6.07, 6.45) is 0. The van der Waals surface area contributed by atoms with E-state index in [0.717, 1.165) is 10.9 Å². The Hall–Kier alpha value is -4.32. The van der Waals surface area contributed by atoms with Gasteiger partial charge in [-0.25, -0.2) is 4.79 Å². The van der Waals surface area contributed by atoms with E-state index in [-0.39, 0.29) is 5.82 Å². The van der Waals surface area contributed by atoms with Crippen LogP contribution in [0.5, 0.6) is 5.75 Å². The number of nitriles is 1. The predicted octanol–water partition coefficient (Wildman–Crippen LogP) is 2.64. The first-order valence-electron chi connectivity index (χ1n) is 8.16. The Bertz CT molecular complexity index is 1290. The third kappa shape index (κ3) is 3.10. The number of nitrogens with one attached hydrogen (secondary N) is 3. The molecule has 0 saturated carbocycles. The van der Waals surface area contributed by atoms with Gasteiger partial charge in [0.15, 0.2) is 5.82 Å². The largest absolute Gasteiger partial charge is 0.497 e. The number of ether oxygens (including phenoxy) is 1. The van der Waals surface area contributed by atoms with Gasteiger partial charge >= 0.3 is 5.76 Å². The highest BCUT2D eigenvalue weighted by Crippen LogP contribution is 2.27. The first kappa shape index (κ1) is 17.1. The van der Waals surface area contributed by atoms with Crippen LogP contribution in [0.4, 0.5) is 5.69 Å². The standard InChI is InChI=1S/C19H13N5O4/c1-27-12-3-5-14-11(7-12)8-16(21-14)18(25)22-15-4-2-10(9-20)6-13(15)17-23-19(26)28-24-17/h2-8,21H,1H3,(H,22,25)(H,23,24,26). The van der Waals surface area contributed by atoms with E-state index in [9.17, 15) is 9.59 Å². The van der Waals surface area contributed by atoms with E-state index < -0.39 is 11.7 Å². The first-order valence-corrected chi connectivity index (χ1v) is 8.16. The molecule has 2 aromatic carbocycles. The minimum Gasteiger partial charge on any atom is -0.497 e.